The summed E-state index contributed by atoms with van der Waals surface area (Å²) in [6, 6.07) is 6.29. The Labute approximate surface area is 116 Å². The molecule has 20 heavy (non-hydrogen) atoms. The molecule has 0 N–H and O–H groups in total. The molecule has 0 spiro atoms. The first-order valence-electron chi connectivity index (χ1n) is 5.85. The molecule has 1 fully saturated rings. The molecule has 0 aliphatic heterocycles. The predicted molar refractivity (Wildman–Crippen MR) is 66.2 cm³/mol. The van der Waals surface area contributed by atoms with Crippen LogP contribution in [0.4, 0.5) is 0 Å². The summed E-state index contributed by atoms with van der Waals surface area (Å²) in [6.07, 6.45) is 0.173. The highest BCUT2D eigenvalue weighted by molar-refractivity contribution is 5.41. The minimum absolute atomic E-state index is 0.173. The van der Waals surface area contributed by atoms with Crippen LogP contribution in [0.5, 0.6) is 0 Å². The van der Waals surface area contributed by atoms with Gasteiger partial charge < -0.3 is 0 Å². The molecule has 0 unspecified atom stereocenters. The van der Waals surface area contributed by atoms with E-state index in [0.29, 0.717) is 0 Å². The van der Waals surface area contributed by atoms with E-state index >= 15 is 0 Å². The van der Waals surface area contributed by atoms with Gasteiger partial charge in [-0.25, -0.2) is 5.01 Å². The van der Waals surface area contributed by atoms with Crippen molar-refractivity contribution in [3.63, 3.8) is 0 Å². The number of hydrazine groups is 1. The van der Waals surface area contributed by atoms with Crippen molar-refractivity contribution >= 4 is 0 Å². The Balaban J connectivity index is 3.58. The van der Waals surface area contributed by atoms with E-state index in [1.54, 1.807) is 19.1 Å². The van der Waals surface area contributed by atoms with Crippen molar-refractivity contribution in [2.75, 3.05) is 14.1 Å². The number of nitrogens with zero attached hydrogens (tertiary/aromatic N) is 7. The first-order chi connectivity index (χ1) is 9.40. The van der Waals surface area contributed by atoms with Gasteiger partial charge in [-0.2, -0.15) is 26.2 Å². The van der Waals surface area contributed by atoms with Gasteiger partial charge in [-0.15, -0.1) is 4.91 Å². The molecule has 0 saturated heterocycles. The molecule has 0 radical (unpaired) electrons. The highest BCUT2D eigenvalue weighted by Crippen LogP contribution is 2.57. The summed E-state index contributed by atoms with van der Waals surface area (Å²) < 4.78 is 0. The van der Waals surface area contributed by atoms with Gasteiger partial charge in [-0.3, -0.25) is 0 Å². The van der Waals surface area contributed by atoms with E-state index in [9.17, 15) is 26.0 Å². The summed E-state index contributed by atoms with van der Waals surface area (Å²) in [5, 5.41) is 42.8. The molecule has 0 aromatic carbocycles. The van der Waals surface area contributed by atoms with Crippen LogP contribution in [0.1, 0.15) is 13.3 Å². The van der Waals surface area contributed by atoms with E-state index in [-0.39, 0.29) is 6.42 Å². The SMILES string of the molecule is C[C@@H]1C[C@H](N(N=O)N(C)C)C(C#N)(C#N)C1(C#N)C#N. The normalized spacial score (nSPS) is 25.8. The Morgan fingerprint density at radius 1 is 1.05 bits per heavy atom. The second kappa shape index (κ2) is 5.13. The van der Waals surface area contributed by atoms with Crippen LogP contribution in [-0.2, 0) is 0 Å². The summed E-state index contributed by atoms with van der Waals surface area (Å²) in [5.41, 5.74) is -3.73. The standard InChI is InChI=1S/C12H13N7O/c1-9-4-10(19(17-20)18(2)3)12(7-15,8-16)11(9,5-13)6-14/h9-10H,4H2,1-3H3/t9-,10+/m1/s1. The molecule has 1 aliphatic rings. The Kier molecular flexibility index (Phi) is 3.95. The lowest BCUT2D eigenvalue weighted by molar-refractivity contribution is -0.0421. The van der Waals surface area contributed by atoms with Gasteiger partial charge in [0.25, 0.3) is 0 Å². The third-order valence-electron chi connectivity index (χ3n) is 3.92. The summed E-state index contributed by atoms with van der Waals surface area (Å²) in [4.78, 5) is 11.0. The maximum Gasteiger partial charge on any atom is 0.199 e. The maximum atomic E-state index is 11.0. The van der Waals surface area contributed by atoms with Gasteiger partial charge in [0.05, 0.1) is 29.6 Å². The van der Waals surface area contributed by atoms with Gasteiger partial charge in [0, 0.05) is 14.1 Å². The van der Waals surface area contributed by atoms with Gasteiger partial charge in [0.1, 0.15) is 6.04 Å². The van der Waals surface area contributed by atoms with Crippen LogP contribution in [-0.4, -0.2) is 30.3 Å². The van der Waals surface area contributed by atoms with Crippen LogP contribution in [0.2, 0.25) is 0 Å². The fraction of sp³-hybridized carbons (Fsp3) is 0.667. The van der Waals surface area contributed by atoms with Gasteiger partial charge >= 0.3 is 0 Å². The smallest absolute Gasteiger partial charge is 0.199 e. The number of rotatable bonds is 3. The average molecular weight is 271 g/mol. The minimum atomic E-state index is -1.94. The van der Waals surface area contributed by atoms with Crippen molar-refractivity contribution in [1.29, 1.82) is 21.0 Å². The van der Waals surface area contributed by atoms with Gasteiger partial charge in [-0.1, -0.05) is 6.92 Å². The summed E-state index contributed by atoms with van der Waals surface area (Å²) >= 11 is 0. The maximum absolute atomic E-state index is 11.0. The first-order valence-corrected chi connectivity index (χ1v) is 5.85. The zero-order valence-electron chi connectivity index (χ0n) is 11.4. The Bertz CT molecular complexity index is 543. The van der Waals surface area contributed by atoms with Crippen LogP contribution in [0.25, 0.3) is 0 Å². The van der Waals surface area contributed by atoms with Crippen LogP contribution >= 0.6 is 0 Å². The summed E-state index contributed by atoms with van der Waals surface area (Å²) in [6.45, 7) is 1.62. The van der Waals surface area contributed by atoms with Crippen LogP contribution in [0, 0.1) is 67.0 Å². The second-order valence-corrected chi connectivity index (χ2v) is 4.97. The van der Waals surface area contributed by atoms with Crippen LogP contribution in [0.15, 0.2) is 5.29 Å². The second-order valence-electron chi connectivity index (χ2n) is 4.97. The van der Waals surface area contributed by atoms with E-state index in [1.165, 1.54) is 19.1 Å². The fourth-order valence-electron chi connectivity index (χ4n) is 2.79. The van der Waals surface area contributed by atoms with Crippen molar-refractivity contribution < 1.29 is 0 Å². The zero-order chi connectivity index (χ0) is 15.6. The molecule has 1 rings (SSSR count). The van der Waals surface area contributed by atoms with Crippen LogP contribution < -0.4 is 0 Å². The van der Waals surface area contributed by atoms with Crippen molar-refractivity contribution in [3.8, 4) is 24.3 Å². The molecule has 8 heteroatoms. The van der Waals surface area contributed by atoms with E-state index in [0.717, 1.165) is 5.12 Å². The molecule has 1 aliphatic carbocycles. The molecule has 2 atom stereocenters. The summed E-state index contributed by atoms with van der Waals surface area (Å²) in [7, 11) is 3.06. The zero-order valence-corrected chi connectivity index (χ0v) is 11.4. The largest absolute Gasteiger partial charge is 0.208 e. The van der Waals surface area contributed by atoms with E-state index in [2.05, 4.69) is 5.29 Å². The van der Waals surface area contributed by atoms with Crippen molar-refractivity contribution in [2.24, 2.45) is 22.0 Å². The molecular weight excluding hydrogens is 258 g/mol. The lowest BCUT2D eigenvalue weighted by Crippen LogP contribution is -2.51. The van der Waals surface area contributed by atoms with Gasteiger partial charge in [0.15, 0.2) is 10.8 Å². The first kappa shape index (κ1) is 15.4. The number of hydrogen-bond donors (Lipinski definition) is 0. The molecule has 0 amide bonds. The molecule has 1 saturated carbocycles. The minimum Gasteiger partial charge on any atom is -0.208 e. The van der Waals surface area contributed by atoms with E-state index < -0.39 is 22.8 Å². The lowest BCUT2D eigenvalue weighted by Gasteiger charge is -2.35. The molecule has 102 valence electrons. The Hall–Kier alpha value is -2.68. The fourth-order valence-corrected chi connectivity index (χ4v) is 2.79. The Morgan fingerprint density at radius 2 is 1.50 bits per heavy atom. The van der Waals surface area contributed by atoms with Crippen molar-refractivity contribution in [1.82, 2.24) is 10.1 Å². The number of hydrogen-bond acceptors (Lipinski definition) is 7. The third-order valence-corrected chi connectivity index (χ3v) is 3.92. The van der Waals surface area contributed by atoms with Gasteiger partial charge in [0.2, 0.25) is 0 Å². The quantitative estimate of drug-likeness (QED) is 0.550. The molecule has 0 aromatic heterocycles. The van der Waals surface area contributed by atoms with E-state index in [1.807, 2.05) is 12.1 Å². The number of nitroso groups, excluding NO2 is 1. The lowest BCUT2D eigenvalue weighted by atomic mass is 9.64. The van der Waals surface area contributed by atoms with Gasteiger partial charge in [-0.05, 0) is 12.3 Å². The molecule has 8 nitrogen and oxygen atoms in total. The molecule has 0 bridgehead atoms. The monoisotopic (exact) mass is 271 g/mol. The van der Waals surface area contributed by atoms with Crippen LogP contribution in [0.3, 0.4) is 0 Å². The molecule has 0 heterocycles. The third kappa shape index (κ3) is 1.60. The highest BCUT2D eigenvalue weighted by atomic mass is 16.3. The molecule has 0 aromatic rings. The Morgan fingerprint density at radius 3 is 1.80 bits per heavy atom. The summed E-state index contributed by atoms with van der Waals surface area (Å²) in [5.74, 6) is -0.536. The van der Waals surface area contributed by atoms with Crippen molar-refractivity contribution in [2.45, 2.75) is 19.4 Å². The highest BCUT2D eigenvalue weighted by Gasteiger charge is 2.69. The van der Waals surface area contributed by atoms with E-state index in [4.69, 9.17) is 0 Å². The average Bonchev–Trinajstić information content (AvgIpc) is 2.68. The van der Waals surface area contributed by atoms with Crippen molar-refractivity contribution in [3.05, 3.63) is 4.91 Å². The number of nitriles is 4. The predicted octanol–water partition coefficient (Wildman–Crippen LogP) is 0.922. The topological polar surface area (TPSA) is 131 Å². The molecular formula is C12H13N7O.